The van der Waals surface area contributed by atoms with Crippen molar-refractivity contribution < 1.29 is 4.79 Å². The van der Waals surface area contributed by atoms with Gasteiger partial charge in [-0.25, -0.2) is 0 Å². The first-order valence-corrected chi connectivity index (χ1v) is 5.83. The molecule has 2 nitrogen and oxygen atoms in total. The van der Waals surface area contributed by atoms with Crippen LogP contribution in [0.25, 0.3) is 0 Å². The van der Waals surface area contributed by atoms with Gasteiger partial charge in [0.05, 0.1) is 0 Å². The Kier molecular flexibility index (Phi) is 2.10. The Balaban J connectivity index is 1.89. The Hall–Kier alpha value is -1.57. The standard InChI is InChI=1S/C14H15NO/c15-13-4-2-1-3-11(13)14(16)12-8-9-5-6-10(12)7-9/h1-6,9-10,12H,7-8,15H2. The third-order valence-electron chi connectivity index (χ3n) is 3.84. The van der Waals surface area contributed by atoms with Gasteiger partial charge >= 0.3 is 0 Å². The molecule has 1 aromatic rings. The Morgan fingerprint density at radius 1 is 1.19 bits per heavy atom. The van der Waals surface area contributed by atoms with E-state index in [0.29, 0.717) is 23.1 Å². The van der Waals surface area contributed by atoms with E-state index >= 15 is 0 Å². The van der Waals surface area contributed by atoms with E-state index in [1.54, 1.807) is 6.07 Å². The van der Waals surface area contributed by atoms with Crippen molar-refractivity contribution in [1.29, 1.82) is 0 Å². The first-order valence-electron chi connectivity index (χ1n) is 5.83. The summed E-state index contributed by atoms with van der Waals surface area (Å²) in [4.78, 5) is 12.3. The third kappa shape index (κ3) is 1.37. The van der Waals surface area contributed by atoms with Crippen LogP contribution in [0.1, 0.15) is 23.2 Å². The molecule has 2 N–H and O–H groups in total. The number of nitrogen functional groups attached to an aromatic ring is 1. The smallest absolute Gasteiger partial charge is 0.168 e. The van der Waals surface area contributed by atoms with E-state index in [1.165, 1.54) is 0 Å². The molecule has 0 aliphatic heterocycles. The van der Waals surface area contributed by atoms with Crippen LogP contribution >= 0.6 is 0 Å². The summed E-state index contributed by atoms with van der Waals surface area (Å²) in [6.45, 7) is 0. The third-order valence-corrected chi connectivity index (χ3v) is 3.84. The summed E-state index contributed by atoms with van der Waals surface area (Å²) < 4.78 is 0. The highest BCUT2D eigenvalue weighted by Gasteiger charge is 2.40. The highest BCUT2D eigenvalue weighted by Crippen LogP contribution is 2.45. The van der Waals surface area contributed by atoms with Crippen LogP contribution in [-0.4, -0.2) is 5.78 Å². The number of carbonyl (C=O) groups is 1. The lowest BCUT2D eigenvalue weighted by Crippen LogP contribution is -2.20. The number of fused-ring (bicyclic) bond motifs is 2. The van der Waals surface area contributed by atoms with Gasteiger partial charge in [-0.1, -0.05) is 24.3 Å². The fourth-order valence-corrected chi connectivity index (χ4v) is 3.00. The van der Waals surface area contributed by atoms with E-state index in [1.807, 2.05) is 18.2 Å². The molecule has 2 aliphatic rings. The summed E-state index contributed by atoms with van der Waals surface area (Å²) >= 11 is 0. The Morgan fingerprint density at radius 2 is 2.00 bits per heavy atom. The monoisotopic (exact) mass is 213 g/mol. The molecule has 2 heteroatoms. The van der Waals surface area contributed by atoms with E-state index in [9.17, 15) is 4.79 Å². The zero-order chi connectivity index (χ0) is 11.1. The minimum atomic E-state index is 0.166. The van der Waals surface area contributed by atoms with Crippen LogP contribution in [0.5, 0.6) is 0 Å². The zero-order valence-corrected chi connectivity index (χ0v) is 9.10. The molecular weight excluding hydrogens is 198 g/mol. The number of carbonyl (C=O) groups excluding carboxylic acids is 1. The molecule has 0 heterocycles. The molecule has 0 amide bonds. The maximum atomic E-state index is 12.3. The van der Waals surface area contributed by atoms with Gasteiger partial charge < -0.3 is 5.73 Å². The number of ketones is 1. The van der Waals surface area contributed by atoms with Crippen molar-refractivity contribution in [2.75, 3.05) is 5.73 Å². The number of benzene rings is 1. The van der Waals surface area contributed by atoms with Crippen LogP contribution in [0, 0.1) is 17.8 Å². The molecule has 2 bridgehead atoms. The maximum Gasteiger partial charge on any atom is 0.168 e. The summed E-state index contributed by atoms with van der Waals surface area (Å²) in [5.41, 5.74) is 7.16. The minimum Gasteiger partial charge on any atom is -0.398 e. The molecule has 2 aliphatic carbocycles. The van der Waals surface area contributed by atoms with E-state index in [4.69, 9.17) is 5.73 Å². The number of allylic oxidation sites excluding steroid dienone is 2. The van der Waals surface area contributed by atoms with E-state index in [-0.39, 0.29) is 11.7 Å². The molecule has 0 spiro atoms. The van der Waals surface area contributed by atoms with Gasteiger partial charge in [0.25, 0.3) is 0 Å². The first kappa shape index (κ1) is 9.64. The van der Waals surface area contributed by atoms with Crippen molar-refractivity contribution in [3.05, 3.63) is 42.0 Å². The largest absolute Gasteiger partial charge is 0.398 e. The van der Waals surface area contributed by atoms with Crippen molar-refractivity contribution >= 4 is 11.5 Å². The predicted octanol–water partition coefficient (Wildman–Crippen LogP) is 2.66. The van der Waals surface area contributed by atoms with E-state index in [0.717, 1.165) is 12.8 Å². The Labute approximate surface area is 95.2 Å². The average Bonchev–Trinajstić information content (AvgIpc) is 2.90. The number of nitrogens with two attached hydrogens (primary N) is 1. The number of Topliss-reactive ketones (excluding diaryl/α,β-unsaturated/α-hetero) is 1. The van der Waals surface area contributed by atoms with Gasteiger partial charge in [-0.05, 0) is 36.8 Å². The molecule has 3 unspecified atom stereocenters. The molecule has 1 fully saturated rings. The second-order valence-corrected chi connectivity index (χ2v) is 4.84. The zero-order valence-electron chi connectivity index (χ0n) is 9.10. The normalized spacial score (nSPS) is 30.9. The molecule has 1 aromatic carbocycles. The van der Waals surface area contributed by atoms with Gasteiger partial charge in [0, 0.05) is 17.2 Å². The van der Waals surface area contributed by atoms with Crippen LogP contribution < -0.4 is 5.73 Å². The van der Waals surface area contributed by atoms with Gasteiger partial charge in [-0.15, -0.1) is 0 Å². The summed E-state index contributed by atoms with van der Waals surface area (Å²) in [6, 6.07) is 7.39. The minimum absolute atomic E-state index is 0.166. The van der Waals surface area contributed by atoms with Crippen molar-refractivity contribution in [2.45, 2.75) is 12.8 Å². The molecule has 0 saturated heterocycles. The second kappa shape index (κ2) is 3.48. The second-order valence-electron chi connectivity index (χ2n) is 4.84. The fraction of sp³-hybridized carbons (Fsp3) is 0.357. The highest BCUT2D eigenvalue weighted by molar-refractivity contribution is 6.02. The summed E-state index contributed by atoms with van der Waals surface area (Å²) in [5, 5.41) is 0. The van der Waals surface area contributed by atoms with Crippen LogP contribution in [0.15, 0.2) is 36.4 Å². The summed E-state index contributed by atoms with van der Waals surface area (Å²) in [7, 11) is 0. The fourth-order valence-electron chi connectivity index (χ4n) is 3.00. The lowest BCUT2D eigenvalue weighted by molar-refractivity contribution is 0.0902. The number of hydrogen-bond donors (Lipinski definition) is 1. The van der Waals surface area contributed by atoms with Gasteiger partial charge in [-0.2, -0.15) is 0 Å². The van der Waals surface area contributed by atoms with E-state index in [2.05, 4.69) is 12.2 Å². The first-order chi connectivity index (χ1) is 7.75. The molecule has 3 rings (SSSR count). The molecule has 3 atom stereocenters. The maximum absolute atomic E-state index is 12.3. The molecule has 1 saturated carbocycles. The molecule has 82 valence electrons. The number of para-hydroxylation sites is 1. The number of rotatable bonds is 2. The van der Waals surface area contributed by atoms with E-state index < -0.39 is 0 Å². The Morgan fingerprint density at radius 3 is 2.62 bits per heavy atom. The van der Waals surface area contributed by atoms with Crippen molar-refractivity contribution in [1.82, 2.24) is 0 Å². The van der Waals surface area contributed by atoms with Crippen LogP contribution in [0.2, 0.25) is 0 Å². The van der Waals surface area contributed by atoms with Gasteiger partial charge in [0.15, 0.2) is 5.78 Å². The summed E-state index contributed by atoms with van der Waals surface area (Å²) in [6.07, 6.45) is 6.62. The number of hydrogen-bond acceptors (Lipinski definition) is 2. The molecule has 0 radical (unpaired) electrons. The predicted molar refractivity (Wildman–Crippen MR) is 64.0 cm³/mol. The van der Waals surface area contributed by atoms with Crippen LogP contribution in [-0.2, 0) is 0 Å². The molecule has 0 aromatic heterocycles. The quantitative estimate of drug-likeness (QED) is 0.466. The summed E-state index contributed by atoms with van der Waals surface area (Å²) in [5.74, 6) is 1.48. The van der Waals surface area contributed by atoms with Gasteiger partial charge in [-0.3, -0.25) is 4.79 Å². The van der Waals surface area contributed by atoms with Gasteiger partial charge in [0.1, 0.15) is 0 Å². The average molecular weight is 213 g/mol. The SMILES string of the molecule is Nc1ccccc1C(=O)C1CC2C=CC1C2. The van der Waals surface area contributed by atoms with Crippen LogP contribution in [0.3, 0.4) is 0 Å². The lowest BCUT2D eigenvalue weighted by Gasteiger charge is -2.17. The molecule has 16 heavy (non-hydrogen) atoms. The van der Waals surface area contributed by atoms with Crippen molar-refractivity contribution in [3.63, 3.8) is 0 Å². The van der Waals surface area contributed by atoms with Crippen LogP contribution in [0.4, 0.5) is 5.69 Å². The lowest BCUT2D eigenvalue weighted by atomic mass is 9.86. The number of anilines is 1. The van der Waals surface area contributed by atoms with Crippen molar-refractivity contribution in [3.8, 4) is 0 Å². The van der Waals surface area contributed by atoms with Gasteiger partial charge in [0.2, 0.25) is 0 Å². The Bertz CT molecular complexity index is 464. The van der Waals surface area contributed by atoms with Crippen molar-refractivity contribution in [2.24, 2.45) is 17.8 Å². The topological polar surface area (TPSA) is 43.1 Å². The molecular formula is C14H15NO. The highest BCUT2D eigenvalue weighted by atomic mass is 16.1.